The Morgan fingerprint density at radius 3 is 2.73 bits per heavy atom. The second-order valence-electron chi connectivity index (χ2n) is 1.75. The zero-order valence-electron chi connectivity index (χ0n) is 5.72. The van der Waals surface area contributed by atoms with E-state index < -0.39 is 0 Å². The van der Waals surface area contributed by atoms with E-state index >= 15 is 0 Å². The van der Waals surface area contributed by atoms with Crippen molar-refractivity contribution in [1.82, 2.24) is 4.98 Å². The Labute approximate surface area is 78.6 Å². The van der Waals surface area contributed by atoms with E-state index in [1.807, 2.05) is 0 Å². The Kier molecular flexibility index (Phi) is 2.64. The molecule has 1 heterocycles. The average molecular weight is 208 g/mol. The van der Waals surface area contributed by atoms with E-state index in [0.29, 0.717) is 10.0 Å². The molecule has 0 bridgehead atoms. The summed E-state index contributed by atoms with van der Waals surface area (Å²) in [6.07, 6.45) is 0. The third-order valence-electron chi connectivity index (χ3n) is 1.02. The van der Waals surface area contributed by atoms with Gasteiger partial charge in [-0.3, -0.25) is 0 Å². The number of rotatable bonds is 2. The minimum Gasteiger partial charge on any atom is -0.389 e. The van der Waals surface area contributed by atoms with Gasteiger partial charge in [-0.05, 0) is 0 Å². The minimum absolute atomic E-state index is 0.286. The molecule has 6 heteroatoms. The van der Waals surface area contributed by atoms with Crippen molar-refractivity contribution in [2.24, 2.45) is 5.73 Å². The van der Waals surface area contributed by atoms with Gasteiger partial charge in [-0.2, -0.15) is 0 Å². The van der Waals surface area contributed by atoms with Crippen LogP contribution >= 0.6 is 35.2 Å². The van der Waals surface area contributed by atoms with E-state index in [9.17, 15) is 0 Å². The van der Waals surface area contributed by atoms with Gasteiger partial charge < -0.3 is 11.1 Å². The Morgan fingerprint density at radius 2 is 2.45 bits per heavy atom. The SMILES string of the molecule is CNc1nc(Cl)c(C(N)=S)s1. The Bertz CT molecular complexity index is 283. The number of halogens is 1. The molecule has 3 nitrogen and oxygen atoms in total. The molecule has 0 spiro atoms. The van der Waals surface area contributed by atoms with Crippen LogP contribution in [0.2, 0.25) is 5.15 Å². The largest absolute Gasteiger partial charge is 0.389 e. The molecule has 0 amide bonds. The molecule has 0 saturated carbocycles. The fraction of sp³-hybridized carbons (Fsp3) is 0.200. The molecule has 0 fully saturated rings. The molecule has 3 N–H and O–H groups in total. The Balaban J connectivity index is 3.07. The van der Waals surface area contributed by atoms with Gasteiger partial charge in [0.1, 0.15) is 9.87 Å². The van der Waals surface area contributed by atoms with E-state index in [0.717, 1.165) is 5.13 Å². The van der Waals surface area contributed by atoms with Gasteiger partial charge in [0.05, 0.1) is 0 Å². The van der Waals surface area contributed by atoms with Crippen LogP contribution in [-0.2, 0) is 0 Å². The van der Waals surface area contributed by atoms with Gasteiger partial charge in [-0.15, -0.1) is 0 Å². The van der Waals surface area contributed by atoms with Crippen LogP contribution < -0.4 is 11.1 Å². The molecule has 0 aliphatic carbocycles. The maximum absolute atomic E-state index is 5.71. The van der Waals surface area contributed by atoms with Gasteiger partial charge in [0.2, 0.25) is 0 Å². The number of hydrogen-bond acceptors (Lipinski definition) is 4. The van der Waals surface area contributed by atoms with Crippen molar-refractivity contribution in [3.8, 4) is 0 Å². The van der Waals surface area contributed by atoms with Crippen LogP contribution in [0.4, 0.5) is 5.13 Å². The first-order valence-corrected chi connectivity index (χ1v) is 4.39. The van der Waals surface area contributed by atoms with Gasteiger partial charge in [0, 0.05) is 7.05 Å². The summed E-state index contributed by atoms with van der Waals surface area (Å²) >= 11 is 11.8. The van der Waals surface area contributed by atoms with Gasteiger partial charge >= 0.3 is 0 Å². The molecule has 1 rings (SSSR count). The normalized spacial score (nSPS) is 9.64. The van der Waals surface area contributed by atoms with Crippen molar-refractivity contribution in [2.75, 3.05) is 12.4 Å². The molecular weight excluding hydrogens is 202 g/mol. The van der Waals surface area contributed by atoms with Crippen LogP contribution in [0.1, 0.15) is 4.88 Å². The molecule has 0 radical (unpaired) electrons. The van der Waals surface area contributed by atoms with E-state index in [-0.39, 0.29) is 4.99 Å². The highest BCUT2D eigenvalue weighted by Crippen LogP contribution is 2.25. The van der Waals surface area contributed by atoms with Gasteiger partial charge in [-0.1, -0.05) is 35.2 Å². The van der Waals surface area contributed by atoms with Crippen LogP contribution in [0.3, 0.4) is 0 Å². The minimum atomic E-state index is 0.286. The molecule has 11 heavy (non-hydrogen) atoms. The predicted octanol–water partition coefficient (Wildman–Crippen LogP) is 1.47. The smallest absolute Gasteiger partial charge is 0.184 e. The average Bonchev–Trinajstić information content (AvgIpc) is 2.30. The van der Waals surface area contributed by atoms with Crippen molar-refractivity contribution >= 4 is 45.3 Å². The van der Waals surface area contributed by atoms with Crippen molar-refractivity contribution in [3.63, 3.8) is 0 Å². The third-order valence-corrected chi connectivity index (χ3v) is 2.85. The van der Waals surface area contributed by atoms with Crippen LogP contribution in [0.25, 0.3) is 0 Å². The number of hydrogen-bond donors (Lipinski definition) is 2. The Hall–Kier alpha value is -0.390. The lowest BCUT2D eigenvalue weighted by molar-refractivity contribution is 1.36. The number of nitrogens with two attached hydrogens (primary N) is 1. The second-order valence-corrected chi connectivity index (χ2v) is 3.55. The summed E-state index contributed by atoms with van der Waals surface area (Å²) in [5.41, 5.74) is 5.37. The van der Waals surface area contributed by atoms with Crippen molar-refractivity contribution in [1.29, 1.82) is 0 Å². The topological polar surface area (TPSA) is 50.9 Å². The van der Waals surface area contributed by atoms with Gasteiger partial charge in [0.15, 0.2) is 10.3 Å². The maximum atomic E-state index is 5.71. The summed E-state index contributed by atoms with van der Waals surface area (Å²) < 4.78 is 0. The maximum Gasteiger partial charge on any atom is 0.184 e. The number of nitrogens with one attached hydrogen (secondary N) is 1. The summed E-state index contributed by atoms with van der Waals surface area (Å²) in [5.74, 6) is 0. The fourth-order valence-electron chi connectivity index (χ4n) is 0.560. The Morgan fingerprint density at radius 1 is 1.82 bits per heavy atom. The monoisotopic (exact) mass is 207 g/mol. The number of anilines is 1. The third kappa shape index (κ3) is 1.79. The zero-order valence-corrected chi connectivity index (χ0v) is 8.11. The molecule has 0 saturated heterocycles. The lowest BCUT2D eigenvalue weighted by atomic mass is 10.6. The summed E-state index contributed by atoms with van der Waals surface area (Å²) in [7, 11) is 1.76. The molecule has 0 aliphatic heterocycles. The molecule has 0 aromatic carbocycles. The molecule has 60 valence electrons. The van der Waals surface area contributed by atoms with Gasteiger partial charge in [-0.25, -0.2) is 4.98 Å². The number of aromatic nitrogens is 1. The first-order chi connectivity index (χ1) is 5.15. The number of thiocarbonyl (C=S) groups is 1. The highest BCUT2D eigenvalue weighted by molar-refractivity contribution is 7.81. The molecule has 0 atom stereocenters. The molecule has 0 unspecified atom stereocenters. The van der Waals surface area contributed by atoms with Crippen LogP contribution in [0, 0.1) is 0 Å². The lowest BCUT2D eigenvalue weighted by Gasteiger charge is -1.88. The quantitative estimate of drug-likeness (QED) is 0.722. The molecular formula is C5H6ClN3S2. The zero-order chi connectivity index (χ0) is 8.43. The van der Waals surface area contributed by atoms with E-state index in [1.54, 1.807) is 7.05 Å². The summed E-state index contributed by atoms with van der Waals surface area (Å²) in [6, 6.07) is 0. The van der Waals surface area contributed by atoms with Crippen LogP contribution in [0.15, 0.2) is 0 Å². The van der Waals surface area contributed by atoms with E-state index in [4.69, 9.17) is 29.6 Å². The molecule has 1 aromatic rings. The van der Waals surface area contributed by atoms with Gasteiger partial charge in [0.25, 0.3) is 0 Å². The second kappa shape index (κ2) is 3.34. The summed E-state index contributed by atoms with van der Waals surface area (Å²) in [4.78, 5) is 4.90. The predicted molar refractivity (Wildman–Crippen MR) is 52.6 cm³/mol. The first-order valence-electron chi connectivity index (χ1n) is 2.79. The van der Waals surface area contributed by atoms with E-state index in [2.05, 4.69) is 10.3 Å². The van der Waals surface area contributed by atoms with Crippen molar-refractivity contribution in [2.45, 2.75) is 0 Å². The molecule has 0 aliphatic rings. The fourth-order valence-corrected chi connectivity index (χ4v) is 1.85. The first kappa shape index (κ1) is 8.70. The van der Waals surface area contributed by atoms with Crippen molar-refractivity contribution in [3.05, 3.63) is 10.0 Å². The lowest BCUT2D eigenvalue weighted by Crippen LogP contribution is -2.07. The number of thiazole rings is 1. The van der Waals surface area contributed by atoms with Crippen molar-refractivity contribution < 1.29 is 0 Å². The number of nitrogens with zero attached hydrogens (tertiary/aromatic N) is 1. The van der Waals surface area contributed by atoms with Crippen LogP contribution in [0.5, 0.6) is 0 Å². The standard InChI is InChI=1S/C5H6ClN3S2/c1-8-5-9-3(6)2(11-5)4(7)10/h1H3,(H2,7,10)(H,8,9). The highest BCUT2D eigenvalue weighted by Gasteiger charge is 2.09. The summed E-state index contributed by atoms with van der Waals surface area (Å²) in [5, 5.41) is 3.94. The van der Waals surface area contributed by atoms with Crippen LogP contribution in [-0.4, -0.2) is 17.0 Å². The highest BCUT2D eigenvalue weighted by atomic mass is 35.5. The molecule has 1 aromatic heterocycles. The summed E-state index contributed by atoms with van der Waals surface area (Å²) in [6.45, 7) is 0. The van der Waals surface area contributed by atoms with E-state index in [1.165, 1.54) is 11.3 Å².